The summed E-state index contributed by atoms with van der Waals surface area (Å²) in [4.78, 5) is 27.2. The number of carboxylic acid groups (broad SMARTS) is 1. The molecule has 0 spiro atoms. The molecule has 2 aromatic rings. The van der Waals surface area contributed by atoms with Gasteiger partial charge in [-0.2, -0.15) is 0 Å². The van der Waals surface area contributed by atoms with Crippen LogP contribution < -0.4 is 5.32 Å². The molecule has 0 aromatic heterocycles. The van der Waals surface area contributed by atoms with Crippen molar-refractivity contribution in [2.24, 2.45) is 5.92 Å². The van der Waals surface area contributed by atoms with Gasteiger partial charge in [0.25, 0.3) is 5.91 Å². The molecule has 1 unspecified atom stereocenters. The lowest BCUT2D eigenvalue weighted by atomic mass is 9.85. The molecule has 1 aliphatic heterocycles. The topological polar surface area (TPSA) is 69.6 Å². The van der Waals surface area contributed by atoms with Gasteiger partial charge >= 0.3 is 5.97 Å². The number of anilines is 1. The van der Waals surface area contributed by atoms with Crippen LogP contribution >= 0.6 is 11.8 Å². The number of benzene rings is 2. The van der Waals surface area contributed by atoms with E-state index in [0.717, 1.165) is 30.5 Å². The van der Waals surface area contributed by atoms with Gasteiger partial charge in [-0.15, -0.1) is 0 Å². The van der Waals surface area contributed by atoms with Crippen LogP contribution in [0.5, 0.6) is 0 Å². The van der Waals surface area contributed by atoms with Crippen molar-refractivity contribution in [3.05, 3.63) is 70.6 Å². The van der Waals surface area contributed by atoms with Gasteiger partial charge < -0.3 is 15.3 Å². The number of para-hydroxylation sites is 1. The average Bonchev–Trinajstić information content (AvgIpc) is 3.04. The number of aromatic carboxylic acids is 1. The summed E-state index contributed by atoms with van der Waals surface area (Å²) in [7, 11) is 0. The molecular formula is C24H26N2O3S. The number of nitrogens with one attached hydrogen (secondary N) is 1. The van der Waals surface area contributed by atoms with Gasteiger partial charge in [-0.3, -0.25) is 4.79 Å². The van der Waals surface area contributed by atoms with Crippen LogP contribution in [0.25, 0.3) is 6.08 Å². The minimum Gasteiger partial charge on any atom is -0.478 e. The minimum absolute atomic E-state index is 0.0505. The molecule has 1 heterocycles. The monoisotopic (exact) mass is 422 g/mol. The van der Waals surface area contributed by atoms with Gasteiger partial charge in [0, 0.05) is 11.7 Å². The van der Waals surface area contributed by atoms with Crippen molar-refractivity contribution in [2.75, 3.05) is 5.32 Å². The van der Waals surface area contributed by atoms with Crippen molar-refractivity contribution in [1.82, 2.24) is 4.90 Å². The number of nitrogens with zero attached hydrogens (tertiary/aromatic N) is 1. The van der Waals surface area contributed by atoms with Gasteiger partial charge in [-0.25, -0.2) is 4.79 Å². The molecule has 1 amide bonds. The Morgan fingerprint density at radius 2 is 1.80 bits per heavy atom. The van der Waals surface area contributed by atoms with Crippen molar-refractivity contribution < 1.29 is 14.7 Å². The zero-order valence-corrected chi connectivity index (χ0v) is 17.8. The Morgan fingerprint density at radius 1 is 1.10 bits per heavy atom. The van der Waals surface area contributed by atoms with Gasteiger partial charge in [0.2, 0.25) is 0 Å². The van der Waals surface area contributed by atoms with Crippen LogP contribution in [0.3, 0.4) is 0 Å². The molecule has 6 heteroatoms. The fourth-order valence-corrected chi connectivity index (χ4v) is 5.45. The molecule has 3 atom stereocenters. The zero-order chi connectivity index (χ0) is 21.1. The van der Waals surface area contributed by atoms with E-state index in [2.05, 4.69) is 12.2 Å². The fraction of sp³-hybridized carbons (Fsp3) is 0.333. The maximum Gasteiger partial charge on any atom is 0.335 e. The maximum absolute atomic E-state index is 13.4. The Balaban J connectivity index is 1.62. The van der Waals surface area contributed by atoms with Crippen molar-refractivity contribution in [2.45, 2.75) is 44.1 Å². The Labute approximate surface area is 181 Å². The fourth-order valence-electron chi connectivity index (χ4n) is 4.24. The van der Waals surface area contributed by atoms with Crippen molar-refractivity contribution in [3.63, 3.8) is 0 Å². The van der Waals surface area contributed by atoms with Crippen molar-refractivity contribution in [3.8, 4) is 0 Å². The molecule has 30 heavy (non-hydrogen) atoms. The number of hydrogen-bond acceptors (Lipinski definition) is 4. The van der Waals surface area contributed by atoms with Crippen LogP contribution in [0.15, 0.2) is 59.5 Å². The van der Waals surface area contributed by atoms with E-state index in [1.807, 2.05) is 41.3 Å². The summed E-state index contributed by atoms with van der Waals surface area (Å²) in [5.74, 6) is -0.433. The first-order chi connectivity index (χ1) is 14.5. The number of carbonyl (C=O) groups is 2. The molecule has 5 nitrogen and oxygen atoms in total. The first kappa shape index (κ1) is 20.5. The van der Waals surface area contributed by atoms with Crippen LogP contribution in [-0.4, -0.2) is 33.4 Å². The Bertz CT molecular complexity index is 943. The summed E-state index contributed by atoms with van der Waals surface area (Å²) in [6, 6.07) is 16.8. The Kier molecular flexibility index (Phi) is 6.13. The summed E-state index contributed by atoms with van der Waals surface area (Å²) in [6.45, 7) is 2.24. The summed E-state index contributed by atoms with van der Waals surface area (Å²) < 4.78 is 0. The smallest absolute Gasteiger partial charge is 0.335 e. The van der Waals surface area contributed by atoms with E-state index in [0.29, 0.717) is 10.8 Å². The molecule has 1 saturated carbocycles. The van der Waals surface area contributed by atoms with Crippen LogP contribution in [0.2, 0.25) is 0 Å². The highest BCUT2D eigenvalue weighted by molar-refractivity contribution is 8.05. The molecule has 156 valence electrons. The van der Waals surface area contributed by atoms with Crippen molar-refractivity contribution >= 4 is 35.4 Å². The molecule has 2 fully saturated rings. The van der Waals surface area contributed by atoms with Gasteiger partial charge in [0.15, 0.2) is 5.50 Å². The van der Waals surface area contributed by atoms with Gasteiger partial charge in [-0.05, 0) is 54.7 Å². The van der Waals surface area contributed by atoms with Crippen LogP contribution in [-0.2, 0) is 4.79 Å². The number of thioether (sulfide) groups is 1. The largest absolute Gasteiger partial charge is 0.478 e. The molecule has 1 aliphatic carbocycles. The molecule has 4 rings (SSSR count). The molecule has 2 aliphatic rings. The van der Waals surface area contributed by atoms with Crippen LogP contribution in [0, 0.1) is 5.92 Å². The maximum atomic E-state index is 13.4. The van der Waals surface area contributed by atoms with E-state index in [4.69, 9.17) is 5.11 Å². The summed E-state index contributed by atoms with van der Waals surface area (Å²) >= 11 is 1.53. The Morgan fingerprint density at radius 3 is 2.47 bits per heavy atom. The second-order valence-corrected chi connectivity index (χ2v) is 9.08. The predicted molar refractivity (Wildman–Crippen MR) is 121 cm³/mol. The summed E-state index contributed by atoms with van der Waals surface area (Å²) in [6.07, 6.45) is 6.42. The van der Waals surface area contributed by atoms with E-state index in [1.165, 1.54) is 18.2 Å². The van der Waals surface area contributed by atoms with Crippen LogP contribution in [0.1, 0.15) is 48.5 Å². The lowest BCUT2D eigenvalue weighted by Crippen LogP contribution is -2.48. The van der Waals surface area contributed by atoms with E-state index in [-0.39, 0.29) is 23.0 Å². The molecule has 0 bridgehead atoms. The second kappa shape index (κ2) is 8.96. The molecule has 2 aromatic carbocycles. The lowest BCUT2D eigenvalue weighted by Gasteiger charge is -2.39. The normalized spacial score (nSPS) is 25.5. The number of rotatable bonds is 5. The number of carbonyl (C=O) groups excluding carboxylic acids is 1. The molecule has 0 radical (unpaired) electrons. The molecule has 1 saturated heterocycles. The highest BCUT2D eigenvalue weighted by Gasteiger charge is 2.42. The second-order valence-electron chi connectivity index (χ2n) is 7.96. The summed E-state index contributed by atoms with van der Waals surface area (Å²) in [5.41, 5.74) is 1.90. The van der Waals surface area contributed by atoms with E-state index in [1.54, 1.807) is 24.3 Å². The predicted octanol–water partition coefficient (Wildman–Crippen LogP) is 5.28. The molecular weight excluding hydrogens is 396 g/mol. The van der Waals surface area contributed by atoms with E-state index in [9.17, 15) is 9.59 Å². The Hall–Kier alpha value is -2.73. The zero-order valence-electron chi connectivity index (χ0n) is 17.0. The SMILES string of the molecule is C[C@@H]1CCCC[C@H]1N1C(=O)/C(=C/c2ccc(C(=O)O)cc2)SC1Nc1ccccc1. The van der Waals surface area contributed by atoms with Crippen LogP contribution in [0.4, 0.5) is 5.69 Å². The average molecular weight is 423 g/mol. The minimum atomic E-state index is -0.954. The van der Waals surface area contributed by atoms with E-state index >= 15 is 0 Å². The first-order valence-corrected chi connectivity index (χ1v) is 11.3. The van der Waals surface area contributed by atoms with Gasteiger partial charge in [-0.1, -0.05) is 61.9 Å². The third-order valence-corrected chi connectivity index (χ3v) is 6.99. The summed E-state index contributed by atoms with van der Waals surface area (Å²) in [5, 5.41) is 12.6. The van der Waals surface area contributed by atoms with E-state index < -0.39 is 5.97 Å². The molecule has 2 N–H and O–H groups in total. The number of carboxylic acids is 1. The quantitative estimate of drug-likeness (QED) is 0.642. The van der Waals surface area contributed by atoms with Crippen molar-refractivity contribution in [1.29, 1.82) is 0 Å². The highest BCUT2D eigenvalue weighted by Crippen LogP contribution is 2.42. The lowest BCUT2D eigenvalue weighted by molar-refractivity contribution is -0.129. The number of hydrogen-bond donors (Lipinski definition) is 2. The number of amides is 1. The van der Waals surface area contributed by atoms with Gasteiger partial charge in [0.05, 0.1) is 10.5 Å². The third kappa shape index (κ3) is 4.38. The standard InChI is InChI=1S/C24H26N2O3S/c1-16-7-5-6-10-20(16)26-22(27)21(15-17-11-13-18(14-12-17)23(28)29)30-24(26)25-19-8-3-2-4-9-19/h2-4,8-9,11-16,20,24-25H,5-7,10H2,1H3,(H,28,29)/b21-15-/t16-,20-,24?/m1/s1. The highest BCUT2D eigenvalue weighted by atomic mass is 32.2. The first-order valence-electron chi connectivity index (χ1n) is 10.4. The third-order valence-electron chi connectivity index (χ3n) is 5.88. The van der Waals surface area contributed by atoms with Gasteiger partial charge in [0.1, 0.15) is 0 Å².